The summed E-state index contributed by atoms with van der Waals surface area (Å²) < 4.78 is 5.17. The number of para-hydroxylation sites is 1. The van der Waals surface area contributed by atoms with Crippen LogP contribution in [-0.4, -0.2) is 0 Å². The number of hydrogen-bond donors (Lipinski definition) is 0. The van der Waals surface area contributed by atoms with Gasteiger partial charge in [0.05, 0.1) is 21.8 Å². The summed E-state index contributed by atoms with van der Waals surface area (Å²) in [6, 6.07) is 78.3. The van der Waals surface area contributed by atoms with Crippen molar-refractivity contribution in [2.75, 3.05) is 4.90 Å². The molecule has 0 aliphatic heterocycles. The molecule has 3 heteroatoms. The Balaban J connectivity index is 1.23. The maximum absolute atomic E-state index is 2.61. The van der Waals surface area contributed by atoms with Gasteiger partial charge < -0.3 is 4.90 Å². The number of anilines is 3. The van der Waals surface area contributed by atoms with Crippen molar-refractivity contribution >= 4 is 102 Å². The second-order valence-electron chi connectivity index (χ2n) is 15.1. The molecule has 0 saturated carbocycles. The van der Waals surface area contributed by atoms with E-state index >= 15 is 0 Å². The SMILES string of the molecule is c1ccc(-c2ccc(-c3c(N(c4ccccc4-c4cccc5c4sc4ccccc45)c4cccc5c4sc4ccccc45)c4ccccc4c4ccccc34)cc2)cc1. The van der Waals surface area contributed by atoms with Crippen LogP contribution in [0, 0.1) is 0 Å². The fourth-order valence-corrected chi connectivity index (χ4v) is 11.7. The van der Waals surface area contributed by atoms with Gasteiger partial charge in [-0.3, -0.25) is 0 Å². The molecular formula is C56H35NS2. The Morgan fingerprint density at radius 1 is 0.271 bits per heavy atom. The molecule has 0 atom stereocenters. The maximum atomic E-state index is 2.61. The molecule has 2 aromatic heterocycles. The van der Waals surface area contributed by atoms with Gasteiger partial charge in [0.1, 0.15) is 0 Å². The van der Waals surface area contributed by atoms with Gasteiger partial charge in [0.2, 0.25) is 0 Å². The lowest BCUT2D eigenvalue weighted by molar-refractivity contribution is 1.32. The molecule has 12 rings (SSSR count). The minimum absolute atomic E-state index is 1.14. The van der Waals surface area contributed by atoms with Gasteiger partial charge >= 0.3 is 0 Å². The first-order valence-electron chi connectivity index (χ1n) is 20.1. The van der Waals surface area contributed by atoms with Crippen LogP contribution < -0.4 is 4.90 Å². The molecule has 276 valence electrons. The van der Waals surface area contributed by atoms with Gasteiger partial charge in [-0.05, 0) is 57.1 Å². The van der Waals surface area contributed by atoms with E-state index in [4.69, 9.17) is 0 Å². The lowest BCUT2D eigenvalue weighted by Gasteiger charge is -2.32. The molecule has 59 heavy (non-hydrogen) atoms. The summed E-state index contributed by atoms with van der Waals surface area (Å²) in [4.78, 5) is 2.61. The smallest absolute Gasteiger partial charge is 0.0641 e. The summed E-state index contributed by atoms with van der Waals surface area (Å²) in [5.41, 5.74) is 10.7. The van der Waals surface area contributed by atoms with E-state index in [0.29, 0.717) is 0 Å². The summed E-state index contributed by atoms with van der Waals surface area (Å²) in [6.45, 7) is 0. The molecule has 0 unspecified atom stereocenters. The van der Waals surface area contributed by atoms with E-state index < -0.39 is 0 Å². The molecule has 10 aromatic carbocycles. The van der Waals surface area contributed by atoms with Crippen LogP contribution in [-0.2, 0) is 0 Å². The quantitative estimate of drug-likeness (QED) is 0.152. The van der Waals surface area contributed by atoms with Crippen molar-refractivity contribution in [2.45, 2.75) is 0 Å². The molecule has 0 aliphatic rings. The Labute approximate surface area is 350 Å². The third-order valence-electron chi connectivity index (χ3n) is 11.9. The average Bonchev–Trinajstić information content (AvgIpc) is 3.89. The minimum Gasteiger partial charge on any atom is -0.307 e. The van der Waals surface area contributed by atoms with Crippen molar-refractivity contribution in [3.05, 3.63) is 212 Å². The highest BCUT2D eigenvalue weighted by molar-refractivity contribution is 7.26. The zero-order chi connectivity index (χ0) is 38.9. The lowest BCUT2D eigenvalue weighted by Crippen LogP contribution is -2.13. The summed E-state index contributed by atoms with van der Waals surface area (Å²) in [7, 11) is 0. The van der Waals surface area contributed by atoms with Crippen LogP contribution in [0.2, 0.25) is 0 Å². The molecule has 0 amide bonds. The predicted molar refractivity (Wildman–Crippen MR) is 258 cm³/mol. The van der Waals surface area contributed by atoms with Crippen molar-refractivity contribution in [3.8, 4) is 33.4 Å². The Morgan fingerprint density at radius 2 is 0.729 bits per heavy atom. The van der Waals surface area contributed by atoms with Crippen molar-refractivity contribution in [1.82, 2.24) is 0 Å². The van der Waals surface area contributed by atoms with Crippen LogP contribution in [0.15, 0.2) is 212 Å². The Hall–Kier alpha value is -7.04. The number of rotatable bonds is 6. The molecule has 2 heterocycles. The van der Waals surface area contributed by atoms with E-state index in [0.717, 1.165) is 5.69 Å². The van der Waals surface area contributed by atoms with Crippen molar-refractivity contribution in [1.29, 1.82) is 0 Å². The second-order valence-corrected chi connectivity index (χ2v) is 17.2. The second kappa shape index (κ2) is 13.8. The van der Waals surface area contributed by atoms with E-state index in [1.165, 1.54) is 107 Å². The fourth-order valence-electron chi connectivity index (χ4n) is 9.24. The number of benzene rings is 10. The molecule has 0 spiro atoms. The van der Waals surface area contributed by atoms with E-state index in [-0.39, 0.29) is 0 Å². The standard InChI is InChI=1S/C56H35NS2/c1-2-16-36(17-3-1)37-32-34-38(35-33-37)53-44-23-6-4-18-39(44)40-19-5-7-24-45(40)54(53)57(50-29-15-27-48-43-22-10-13-31-52(43)59-56(48)50)49-28-11-8-20-41(49)46-25-14-26-47-42-21-9-12-30-51(42)58-55(46)47/h1-35H. The van der Waals surface area contributed by atoms with Crippen LogP contribution in [0.5, 0.6) is 0 Å². The first kappa shape index (κ1) is 34.0. The topological polar surface area (TPSA) is 3.24 Å². The van der Waals surface area contributed by atoms with Gasteiger partial charge in [-0.1, -0.05) is 188 Å². The van der Waals surface area contributed by atoms with Crippen LogP contribution in [0.25, 0.3) is 95.3 Å². The van der Waals surface area contributed by atoms with E-state index in [9.17, 15) is 0 Å². The molecular weight excluding hydrogens is 751 g/mol. The van der Waals surface area contributed by atoms with Crippen molar-refractivity contribution < 1.29 is 0 Å². The van der Waals surface area contributed by atoms with E-state index in [2.05, 4.69) is 217 Å². The van der Waals surface area contributed by atoms with Crippen LogP contribution in [0.3, 0.4) is 0 Å². The molecule has 0 saturated heterocycles. The Morgan fingerprint density at radius 3 is 1.46 bits per heavy atom. The highest BCUT2D eigenvalue weighted by Crippen LogP contribution is 2.54. The highest BCUT2D eigenvalue weighted by Gasteiger charge is 2.28. The van der Waals surface area contributed by atoms with Gasteiger partial charge in [0.15, 0.2) is 0 Å². The van der Waals surface area contributed by atoms with Crippen LogP contribution in [0.4, 0.5) is 17.1 Å². The normalized spacial score (nSPS) is 11.7. The largest absolute Gasteiger partial charge is 0.307 e. The van der Waals surface area contributed by atoms with Crippen molar-refractivity contribution in [2.24, 2.45) is 0 Å². The fraction of sp³-hybridized carbons (Fsp3) is 0. The maximum Gasteiger partial charge on any atom is 0.0641 e. The number of nitrogens with zero attached hydrogens (tertiary/aromatic N) is 1. The molecule has 0 fully saturated rings. The summed E-state index contributed by atoms with van der Waals surface area (Å²) >= 11 is 3.77. The zero-order valence-corrected chi connectivity index (χ0v) is 33.6. The van der Waals surface area contributed by atoms with Gasteiger partial charge in [-0.2, -0.15) is 0 Å². The van der Waals surface area contributed by atoms with E-state index in [1.807, 2.05) is 22.7 Å². The summed E-state index contributed by atoms with van der Waals surface area (Å²) in [5.74, 6) is 0. The van der Waals surface area contributed by atoms with Crippen molar-refractivity contribution in [3.63, 3.8) is 0 Å². The summed E-state index contributed by atoms with van der Waals surface area (Å²) in [6.07, 6.45) is 0. The predicted octanol–water partition coefficient (Wildman–Crippen LogP) is 17.2. The molecule has 0 radical (unpaired) electrons. The van der Waals surface area contributed by atoms with Gasteiger partial charge in [-0.15, -0.1) is 22.7 Å². The van der Waals surface area contributed by atoms with Gasteiger partial charge in [0.25, 0.3) is 0 Å². The average molecular weight is 786 g/mol. The third-order valence-corrected chi connectivity index (χ3v) is 14.3. The number of hydrogen-bond acceptors (Lipinski definition) is 3. The summed E-state index contributed by atoms with van der Waals surface area (Å²) in [5, 5.41) is 10.1. The van der Waals surface area contributed by atoms with Crippen LogP contribution in [0.1, 0.15) is 0 Å². The molecule has 0 aliphatic carbocycles. The molecule has 12 aromatic rings. The van der Waals surface area contributed by atoms with Gasteiger partial charge in [0, 0.05) is 57.7 Å². The Kier molecular flexibility index (Phi) is 7.97. The molecule has 0 bridgehead atoms. The first-order valence-corrected chi connectivity index (χ1v) is 21.7. The minimum atomic E-state index is 1.14. The zero-order valence-electron chi connectivity index (χ0n) is 32.0. The van der Waals surface area contributed by atoms with Crippen LogP contribution >= 0.6 is 22.7 Å². The third kappa shape index (κ3) is 5.43. The molecule has 0 N–H and O–H groups in total. The molecule has 1 nitrogen and oxygen atoms in total. The number of fused-ring (bicyclic) bond motifs is 9. The lowest BCUT2D eigenvalue weighted by atomic mass is 9.89. The number of thiophene rings is 2. The van der Waals surface area contributed by atoms with Gasteiger partial charge in [-0.25, -0.2) is 0 Å². The van der Waals surface area contributed by atoms with E-state index in [1.54, 1.807) is 0 Å². The first-order chi connectivity index (χ1) is 29.3. The monoisotopic (exact) mass is 785 g/mol. The highest BCUT2D eigenvalue weighted by atomic mass is 32.1. The Bertz CT molecular complexity index is 3560.